The van der Waals surface area contributed by atoms with Crippen molar-refractivity contribution in [3.8, 4) is 0 Å². The molecule has 0 saturated heterocycles. The SMILES string of the molecule is C=C/C(F)=C\C=C\C(CCCCl)C(=O)O. The van der Waals surface area contributed by atoms with Crippen LogP contribution in [0.25, 0.3) is 0 Å². The molecule has 0 spiro atoms. The minimum Gasteiger partial charge on any atom is -0.481 e. The topological polar surface area (TPSA) is 37.3 Å². The molecule has 0 amide bonds. The molecule has 0 aromatic heterocycles. The quantitative estimate of drug-likeness (QED) is 0.540. The fraction of sp³-hybridized carbons (Fsp3) is 0.364. The number of carbonyl (C=O) groups is 1. The van der Waals surface area contributed by atoms with Gasteiger partial charge in [-0.15, -0.1) is 11.6 Å². The van der Waals surface area contributed by atoms with Gasteiger partial charge in [0.15, 0.2) is 0 Å². The van der Waals surface area contributed by atoms with E-state index in [9.17, 15) is 9.18 Å². The number of allylic oxidation sites excluding steroid dienone is 4. The van der Waals surface area contributed by atoms with Crippen LogP contribution in [0.4, 0.5) is 4.39 Å². The Bertz CT molecular complexity index is 272. The summed E-state index contributed by atoms with van der Waals surface area (Å²) in [6, 6.07) is 0. The van der Waals surface area contributed by atoms with E-state index < -0.39 is 17.7 Å². The molecule has 0 aliphatic rings. The van der Waals surface area contributed by atoms with E-state index in [-0.39, 0.29) is 0 Å². The first-order chi connectivity index (χ1) is 7.11. The average molecular weight is 233 g/mol. The molecular weight excluding hydrogens is 219 g/mol. The van der Waals surface area contributed by atoms with E-state index >= 15 is 0 Å². The van der Waals surface area contributed by atoms with Crippen LogP contribution in [-0.4, -0.2) is 17.0 Å². The summed E-state index contributed by atoms with van der Waals surface area (Å²) in [5.74, 6) is -1.61. The average Bonchev–Trinajstić information content (AvgIpc) is 2.22. The number of halogens is 2. The monoisotopic (exact) mass is 232 g/mol. The van der Waals surface area contributed by atoms with E-state index in [0.29, 0.717) is 18.7 Å². The van der Waals surface area contributed by atoms with Gasteiger partial charge in [0.2, 0.25) is 0 Å². The molecule has 0 fully saturated rings. The van der Waals surface area contributed by atoms with Gasteiger partial charge in [-0.2, -0.15) is 0 Å². The van der Waals surface area contributed by atoms with E-state index in [2.05, 4.69) is 6.58 Å². The van der Waals surface area contributed by atoms with Crippen LogP contribution < -0.4 is 0 Å². The van der Waals surface area contributed by atoms with Gasteiger partial charge in [-0.1, -0.05) is 18.7 Å². The fourth-order valence-electron chi connectivity index (χ4n) is 0.949. The molecule has 1 atom stereocenters. The fourth-order valence-corrected chi connectivity index (χ4v) is 1.10. The van der Waals surface area contributed by atoms with E-state index in [4.69, 9.17) is 16.7 Å². The van der Waals surface area contributed by atoms with Crippen molar-refractivity contribution in [2.45, 2.75) is 12.8 Å². The minimum absolute atomic E-state index is 0.425. The maximum atomic E-state index is 12.6. The number of carboxylic acid groups (broad SMARTS) is 1. The zero-order chi connectivity index (χ0) is 11.7. The first-order valence-electron chi connectivity index (χ1n) is 4.57. The summed E-state index contributed by atoms with van der Waals surface area (Å²) < 4.78 is 12.6. The third-order valence-electron chi connectivity index (χ3n) is 1.76. The maximum absolute atomic E-state index is 12.6. The largest absolute Gasteiger partial charge is 0.481 e. The lowest BCUT2D eigenvalue weighted by Crippen LogP contribution is -2.10. The second-order valence-corrected chi connectivity index (χ2v) is 3.29. The van der Waals surface area contributed by atoms with E-state index in [1.807, 2.05) is 0 Å². The highest BCUT2D eigenvalue weighted by molar-refractivity contribution is 6.17. The minimum atomic E-state index is -0.927. The summed E-state index contributed by atoms with van der Waals surface area (Å²) in [4.78, 5) is 10.7. The maximum Gasteiger partial charge on any atom is 0.310 e. The Balaban J connectivity index is 4.27. The van der Waals surface area contributed by atoms with Crippen LogP contribution in [-0.2, 0) is 4.79 Å². The molecule has 0 aliphatic carbocycles. The second-order valence-electron chi connectivity index (χ2n) is 2.92. The van der Waals surface area contributed by atoms with Crippen LogP contribution in [0, 0.1) is 5.92 Å². The normalized spacial score (nSPS) is 14.1. The third kappa shape index (κ3) is 6.91. The van der Waals surface area contributed by atoms with Gasteiger partial charge < -0.3 is 5.11 Å². The predicted octanol–water partition coefficient (Wildman–Crippen LogP) is 3.30. The van der Waals surface area contributed by atoms with Crippen LogP contribution in [0.3, 0.4) is 0 Å². The highest BCUT2D eigenvalue weighted by Gasteiger charge is 2.12. The molecule has 0 bridgehead atoms. The number of aliphatic carboxylic acids is 1. The second kappa shape index (κ2) is 8.24. The summed E-state index contributed by atoms with van der Waals surface area (Å²) in [7, 11) is 0. The highest BCUT2D eigenvalue weighted by Crippen LogP contribution is 2.10. The summed E-state index contributed by atoms with van der Waals surface area (Å²) in [6.45, 7) is 3.23. The van der Waals surface area contributed by atoms with Crippen molar-refractivity contribution in [1.82, 2.24) is 0 Å². The Hall–Kier alpha value is -1.09. The van der Waals surface area contributed by atoms with Crippen LogP contribution in [0.2, 0.25) is 0 Å². The molecule has 0 heterocycles. The number of alkyl halides is 1. The molecule has 2 nitrogen and oxygen atoms in total. The Labute approximate surface area is 93.7 Å². The highest BCUT2D eigenvalue weighted by atomic mass is 35.5. The molecular formula is C11H14ClFO2. The molecule has 84 valence electrons. The molecule has 0 saturated carbocycles. The van der Waals surface area contributed by atoms with E-state index in [1.165, 1.54) is 18.2 Å². The van der Waals surface area contributed by atoms with Gasteiger partial charge in [0, 0.05) is 5.88 Å². The molecule has 1 unspecified atom stereocenters. The molecule has 0 aromatic carbocycles. The van der Waals surface area contributed by atoms with Crippen LogP contribution in [0.1, 0.15) is 12.8 Å². The van der Waals surface area contributed by atoms with Crippen molar-refractivity contribution in [3.63, 3.8) is 0 Å². The zero-order valence-corrected chi connectivity index (χ0v) is 9.08. The van der Waals surface area contributed by atoms with Gasteiger partial charge >= 0.3 is 5.97 Å². The molecule has 0 rings (SSSR count). The first kappa shape index (κ1) is 13.9. The van der Waals surface area contributed by atoms with Crippen LogP contribution in [0.15, 0.2) is 36.7 Å². The molecule has 0 radical (unpaired) electrons. The molecule has 15 heavy (non-hydrogen) atoms. The summed E-state index contributed by atoms with van der Waals surface area (Å²) in [5.41, 5.74) is 0. The predicted molar refractivity (Wildman–Crippen MR) is 59.6 cm³/mol. The third-order valence-corrected chi connectivity index (χ3v) is 2.03. The van der Waals surface area contributed by atoms with Crippen molar-refractivity contribution in [2.24, 2.45) is 5.92 Å². The Morgan fingerprint density at radius 2 is 2.27 bits per heavy atom. The Morgan fingerprint density at radius 3 is 2.73 bits per heavy atom. The van der Waals surface area contributed by atoms with Crippen molar-refractivity contribution in [1.29, 1.82) is 0 Å². The standard InChI is InChI=1S/C11H14ClFO2/c1-2-10(13)7-3-5-9(11(14)15)6-4-8-12/h2-3,5,7,9H,1,4,6,8H2,(H,14,15)/b5-3+,10-7+. The smallest absolute Gasteiger partial charge is 0.310 e. The van der Waals surface area contributed by atoms with Crippen molar-refractivity contribution >= 4 is 17.6 Å². The Kier molecular flexibility index (Phi) is 7.64. The lowest BCUT2D eigenvalue weighted by Gasteiger charge is -2.04. The van der Waals surface area contributed by atoms with Gasteiger partial charge in [-0.05, 0) is 25.0 Å². The lowest BCUT2D eigenvalue weighted by molar-refractivity contribution is -0.140. The van der Waals surface area contributed by atoms with Crippen molar-refractivity contribution in [2.75, 3.05) is 5.88 Å². The van der Waals surface area contributed by atoms with Crippen molar-refractivity contribution < 1.29 is 14.3 Å². The van der Waals surface area contributed by atoms with Gasteiger partial charge in [0.1, 0.15) is 5.83 Å². The van der Waals surface area contributed by atoms with Crippen molar-refractivity contribution in [3.05, 3.63) is 36.7 Å². The first-order valence-corrected chi connectivity index (χ1v) is 5.10. The molecule has 0 aromatic rings. The Morgan fingerprint density at radius 1 is 1.60 bits per heavy atom. The molecule has 1 N–H and O–H groups in total. The van der Waals surface area contributed by atoms with Gasteiger partial charge in [-0.25, -0.2) is 4.39 Å². The van der Waals surface area contributed by atoms with Gasteiger partial charge in [-0.3, -0.25) is 4.79 Å². The number of hydrogen-bond acceptors (Lipinski definition) is 1. The van der Waals surface area contributed by atoms with Crippen LogP contribution >= 0.6 is 11.6 Å². The zero-order valence-electron chi connectivity index (χ0n) is 8.33. The summed E-state index contributed by atoms with van der Waals surface area (Å²) in [6.07, 6.45) is 6.12. The number of carboxylic acids is 1. The molecule has 4 heteroatoms. The van der Waals surface area contributed by atoms with E-state index in [0.717, 1.165) is 6.08 Å². The van der Waals surface area contributed by atoms with Gasteiger partial charge in [0.25, 0.3) is 0 Å². The summed E-state index contributed by atoms with van der Waals surface area (Å²) in [5, 5.41) is 8.79. The lowest BCUT2D eigenvalue weighted by atomic mass is 10.0. The summed E-state index contributed by atoms with van der Waals surface area (Å²) >= 11 is 5.46. The number of rotatable bonds is 7. The van der Waals surface area contributed by atoms with Crippen LogP contribution in [0.5, 0.6) is 0 Å². The number of hydrogen-bond donors (Lipinski definition) is 1. The van der Waals surface area contributed by atoms with E-state index in [1.54, 1.807) is 0 Å². The molecule has 0 aliphatic heterocycles. The van der Waals surface area contributed by atoms with Gasteiger partial charge in [0.05, 0.1) is 5.92 Å².